The van der Waals surface area contributed by atoms with E-state index in [0.29, 0.717) is 26.1 Å². The molecule has 2 aromatic carbocycles. The van der Waals surface area contributed by atoms with Gasteiger partial charge in [0.1, 0.15) is 0 Å². The fraction of sp³-hybridized carbons (Fsp3) is 0.435. The highest BCUT2D eigenvalue weighted by Crippen LogP contribution is 2.32. The number of carbonyl (C=O) groups is 1. The van der Waals surface area contributed by atoms with Crippen LogP contribution in [0.25, 0.3) is 0 Å². The zero-order chi connectivity index (χ0) is 20.3. The van der Waals surface area contributed by atoms with Crippen LogP contribution in [0, 0.1) is 0 Å². The van der Waals surface area contributed by atoms with Gasteiger partial charge in [0.15, 0.2) is 9.84 Å². The Morgan fingerprint density at radius 1 is 0.828 bits per heavy atom. The third-order valence-corrected chi connectivity index (χ3v) is 7.44. The molecule has 0 bridgehead atoms. The second-order valence-electron chi connectivity index (χ2n) is 8.21. The number of benzene rings is 2. The molecule has 1 atom stereocenters. The molecule has 1 unspecified atom stereocenters. The molecule has 1 aliphatic carbocycles. The standard InChI is InChI=1S/C23H28N2O3S/c26-23(25(21-11-12-21)22-13-14-29(27,28)18-22)17-24(15-19-7-3-1-4-8-19)16-20-9-5-2-6-10-20/h1-10,21-22H,11-18H2. The van der Waals surface area contributed by atoms with Crippen LogP contribution < -0.4 is 0 Å². The van der Waals surface area contributed by atoms with Gasteiger partial charge in [-0.05, 0) is 30.4 Å². The van der Waals surface area contributed by atoms with Crippen LogP contribution in [0.2, 0.25) is 0 Å². The Labute approximate surface area is 173 Å². The Morgan fingerprint density at radius 2 is 1.38 bits per heavy atom. The highest BCUT2D eigenvalue weighted by molar-refractivity contribution is 7.91. The summed E-state index contributed by atoms with van der Waals surface area (Å²) < 4.78 is 23.9. The molecule has 0 spiro atoms. The van der Waals surface area contributed by atoms with Gasteiger partial charge in [0.25, 0.3) is 0 Å². The first-order chi connectivity index (χ1) is 14.0. The SMILES string of the molecule is O=C(CN(Cc1ccccc1)Cc1ccccc1)N(C1CC1)C1CCS(=O)(=O)C1. The van der Waals surface area contributed by atoms with Crippen LogP contribution in [-0.2, 0) is 27.7 Å². The Balaban J connectivity index is 1.49. The average Bonchev–Trinajstić information content (AvgIpc) is 3.46. The first-order valence-corrected chi connectivity index (χ1v) is 12.1. The van der Waals surface area contributed by atoms with E-state index in [0.717, 1.165) is 24.0 Å². The van der Waals surface area contributed by atoms with Crippen LogP contribution in [-0.4, -0.2) is 54.3 Å². The van der Waals surface area contributed by atoms with Crippen LogP contribution in [0.3, 0.4) is 0 Å². The molecule has 1 heterocycles. The van der Waals surface area contributed by atoms with Crippen molar-refractivity contribution in [2.45, 2.75) is 44.4 Å². The van der Waals surface area contributed by atoms with Gasteiger partial charge in [0.05, 0.1) is 18.1 Å². The molecule has 0 N–H and O–H groups in total. The fourth-order valence-electron chi connectivity index (χ4n) is 4.18. The number of sulfone groups is 1. The summed E-state index contributed by atoms with van der Waals surface area (Å²) >= 11 is 0. The second-order valence-corrected chi connectivity index (χ2v) is 10.4. The maximum Gasteiger partial charge on any atom is 0.237 e. The molecule has 1 saturated heterocycles. The summed E-state index contributed by atoms with van der Waals surface area (Å²) in [4.78, 5) is 17.4. The van der Waals surface area contributed by atoms with E-state index in [1.54, 1.807) is 0 Å². The number of hydrogen-bond donors (Lipinski definition) is 0. The van der Waals surface area contributed by atoms with Gasteiger partial charge in [-0.3, -0.25) is 9.69 Å². The molecule has 2 fully saturated rings. The van der Waals surface area contributed by atoms with E-state index in [9.17, 15) is 13.2 Å². The summed E-state index contributed by atoms with van der Waals surface area (Å²) in [7, 11) is -3.01. The molecule has 2 aromatic rings. The van der Waals surface area contributed by atoms with Gasteiger partial charge in [0.2, 0.25) is 5.91 Å². The summed E-state index contributed by atoms with van der Waals surface area (Å²) in [5, 5.41) is 0. The molecule has 0 aromatic heterocycles. The zero-order valence-corrected chi connectivity index (χ0v) is 17.4. The molecule has 1 amide bonds. The third kappa shape index (κ3) is 5.46. The smallest absolute Gasteiger partial charge is 0.237 e. The zero-order valence-electron chi connectivity index (χ0n) is 16.6. The van der Waals surface area contributed by atoms with E-state index in [2.05, 4.69) is 29.2 Å². The maximum absolute atomic E-state index is 13.3. The van der Waals surface area contributed by atoms with Gasteiger partial charge >= 0.3 is 0 Å². The van der Waals surface area contributed by atoms with Crippen molar-refractivity contribution in [1.29, 1.82) is 0 Å². The van der Waals surface area contributed by atoms with Crippen molar-refractivity contribution in [3.8, 4) is 0 Å². The van der Waals surface area contributed by atoms with Gasteiger partial charge in [-0.1, -0.05) is 60.7 Å². The fourth-order valence-corrected chi connectivity index (χ4v) is 5.89. The minimum atomic E-state index is -3.01. The monoisotopic (exact) mass is 412 g/mol. The second kappa shape index (κ2) is 8.67. The van der Waals surface area contributed by atoms with Gasteiger partial charge in [-0.2, -0.15) is 0 Å². The average molecular weight is 413 g/mol. The lowest BCUT2D eigenvalue weighted by molar-refractivity contribution is -0.135. The van der Waals surface area contributed by atoms with Gasteiger partial charge < -0.3 is 4.90 Å². The molecule has 0 radical (unpaired) electrons. The van der Waals surface area contributed by atoms with E-state index in [4.69, 9.17) is 0 Å². The van der Waals surface area contributed by atoms with Gasteiger partial charge in [-0.25, -0.2) is 8.42 Å². The normalized spacial score (nSPS) is 20.7. The maximum atomic E-state index is 13.3. The van der Waals surface area contributed by atoms with E-state index in [1.165, 1.54) is 0 Å². The molecule has 1 saturated carbocycles. The van der Waals surface area contributed by atoms with Crippen molar-refractivity contribution in [2.75, 3.05) is 18.1 Å². The topological polar surface area (TPSA) is 57.7 Å². The number of carbonyl (C=O) groups excluding carboxylic acids is 1. The summed E-state index contributed by atoms with van der Waals surface area (Å²) in [5.41, 5.74) is 2.33. The molecule has 1 aliphatic heterocycles. The summed E-state index contributed by atoms with van der Waals surface area (Å²) in [5.74, 6) is 0.375. The van der Waals surface area contributed by atoms with Crippen molar-refractivity contribution in [1.82, 2.24) is 9.80 Å². The minimum Gasteiger partial charge on any atom is -0.335 e. The number of amides is 1. The van der Waals surface area contributed by atoms with Gasteiger partial charge in [0, 0.05) is 25.2 Å². The highest BCUT2D eigenvalue weighted by atomic mass is 32.2. The van der Waals surface area contributed by atoms with Crippen molar-refractivity contribution >= 4 is 15.7 Å². The van der Waals surface area contributed by atoms with E-state index in [-0.39, 0.29) is 29.5 Å². The minimum absolute atomic E-state index is 0.0569. The van der Waals surface area contributed by atoms with Crippen LogP contribution >= 0.6 is 0 Å². The Kier molecular flexibility index (Phi) is 6.01. The van der Waals surface area contributed by atoms with Crippen molar-refractivity contribution in [3.05, 3.63) is 71.8 Å². The van der Waals surface area contributed by atoms with Crippen LogP contribution in [0.15, 0.2) is 60.7 Å². The van der Waals surface area contributed by atoms with E-state index in [1.807, 2.05) is 41.3 Å². The van der Waals surface area contributed by atoms with Crippen LogP contribution in [0.1, 0.15) is 30.4 Å². The molecular formula is C23H28N2O3S. The lowest BCUT2D eigenvalue weighted by Crippen LogP contribution is -2.47. The van der Waals surface area contributed by atoms with Crippen LogP contribution in [0.4, 0.5) is 0 Å². The Bertz CT molecular complexity index is 886. The quantitative estimate of drug-likeness (QED) is 0.669. The lowest BCUT2D eigenvalue weighted by Gasteiger charge is -2.31. The predicted octanol–water partition coefficient (Wildman–Crippen LogP) is 2.87. The molecule has 5 nitrogen and oxygen atoms in total. The molecule has 154 valence electrons. The molecule has 29 heavy (non-hydrogen) atoms. The molecular weight excluding hydrogens is 384 g/mol. The summed E-state index contributed by atoms with van der Waals surface area (Å²) in [6, 6.07) is 20.4. The first kappa shape index (κ1) is 20.1. The molecule has 6 heteroatoms. The lowest BCUT2D eigenvalue weighted by atomic mass is 10.1. The summed E-state index contributed by atoms with van der Waals surface area (Å²) in [6.45, 7) is 1.67. The molecule has 4 rings (SSSR count). The van der Waals surface area contributed by atoms with Gasteiger partial charge in [-0.15, -0.1) is 0 Å². The third-order valence-electron chi connectivity index (χ3n) is 5.69. The predicted molar refractivity (Wildman–Crippen MR) is 114 cm³/mol. The van der Waals surface area contributed by atoms with Crippen molar-refractivity contribution in [2.24, 2.45) is 0 Å². The number of rotatable bonds is 8. The highest BCUT2D eigenvalue weighted by Gasteiger charge is 2.42. The first-order valence-electron chi connectivity index (χ1n) is 10.3. The van der Waals surface area contributed by atoms with E-state index >= 15 is 0 Å². The van der Waals surface area contributed by atoms with Crippen molar-refractivity contribution in [3.63, 3.8) is 0 Å². The molecule has 2 aliphatic rings. The van der Waals surface area contributed by atoms with Crippen molar-refractivity contribution < 1.29 is 13.2 Å². The largest absolute Gasteiger partial charge is 0.335 e. The Morgan fingerprint density at radius 3 is 1.83 bits per heavy atom. The number of nitrogens with zero attached hydrogens (tertiary/aromatic N) is 2. The van der Waals surface area contributed by atoms with E-state index < -0.39 is 9.84 Å². The summed E-state index contributed by atoms with van der Waals surface area (Å²) in [6.07, 6.45) is 2.54. The Hall–Kier alpha value is -2.18. The number of hydrogen-bond acceptors (Lipinski definition) is 4. The van der Waals surface area contributed by atoms with Crippen LogP contribution in [0.5, 0.6) is 0 Å².